The predicted octanol–water partition coefficient (Wildman–Crippen LogP) is 2.32. The zero-order valence-corrected chi connectivity index (χ0v) is 11.2. The maximum atomic E-state index is 8.40. The Kier molecular flexibility index (Phi) is 6.34. The smallest absolute Gasteiger partial charge is 0.139 e. The van der Waals surface area contributed by atoms with Crippen LogP contribution in [0.5, 0.6) is 0 Å². The van der Waals surface area contributed by atoms with Gasteiger partial charge >= 0.3 is 0 Å². The van der Waals surface area contributed by atoms with Crippen LogP contribution in [0.2, 0.25) is 0 Å². The second-order valence-electron chi connectivity index (χ2n) is 5.62. The molecule has 1 fully saturated rings. The molecule has 1 saturated carbocycles. The summed E-state index contributed by atoms with van der Waals surface area (Å²) in [6.45, 7) is 5.74. The summed E-state index contributed by atoms with van der Waals surface area (Å²) in [6.07, 6.45) is 6.77. The molecule has 1 rings (SSSR count). The Balaban J connectivity index is 2.06. The maximum absolute atomic E-state index is 8.40. The highest BCUT2D eigenvalue weighted by atomic mass is 16.4. The molecule has 1 aliphatic carbocycles. The summed E-state index contributed by atoms with van der Waals surface area (Å²) >= 11 is 0. The Morgan fingerprint density at radius 2 is 1.88 bits per heavy atom. The average Bonchev–Trinajstić information content (AvgIpc) is 2.27. The van der Waals surface area contributed by atoms with Gasteiger partial charge in [0.1, 0.15) is 5.84 Å². The molecule has 0 heterocycles. The maximum Gasteiger partial charge on any atom is 0.139 e. The van der Waals surface area contributed by atoms with Gasteiger partial charge in [-0.15, -0.1) is 0 Å². The van der Waals surface area contributed by atoms with E-state index in [2.05, 4.69) is 24.3 Å². The molecule has 2 atom stereocenters. The molecule has 1 aliphatic rings. The second kappa shape index (κ2) is 7.54. The predicted molar refractivity (Wildman–Crippen MR) is 71.2 cm³/mol. The third kappa shape index (κ3) is 5.91. The molecule has 0 amide bonds. The highest BCUT2D eigenvalue weighted by Gasteiger charge is 2.22. The lowest BCUT2D eigenvalue weighted by atomic mass is 9.80. The molecule has 0 aliphatic heterocycles. The van der Waals surface area contributed by atoms with Gasteiger partial charge in [0.15, 0.2) is 0 Å². The first-order valence-electron chi connectivity index (χ1n) is 6.81. The number of oxime groups is 1. The molecule has 0 spiro atoms. The molecule has 2 unspecified atom stereocenters. The molecule has 4 heteroatoms. The van der Waals surface area contributed by atoms with Gasteiger partial charge in [0.25, 0.3) is 0 Å². The van der Waals surface area contributed by atoms with E-state index in [1.807, 2.05) is 0 Å². The van der Waals surface area contributed by atoms with Crippen LogP contribution in [0.3, 0.4) is 0 Å². The molecule has 0 aromatic rings. The summed E-state index contributed by atoms with van der Waals surface area (Å²) in [5.74, 6) is 2.05. The van der Waals surface area contributed by atoms with Gasteiger partial charge in [-0.05, 0) is 50.5 Å². The van der Waals surface area contributed by atoms with E-state index in [-0.39, 0.29) is 0 Å². The van der Waals surface area contributed by atoms with Gasteiger partial charge in [-0.1, -0.05) is 19.0 Å². The van der Waals surface area contributed by atoms with Crippen LogP contribution in [-0.2, 0) is 0 Å². The lowest BCUT2D eigenvalue weighted by molar-refractivity contribution is 0.239. The number of rotatable bonds is 6. The largest absolute Gasteiger partial charge is 0.409 e. The average molecular weight is 241 g/mol. The molecule has 0 saturated heterocycles. The molecule has 100 valence electrons. The molecule has 0 radical (unpaired) electrons. The van der Waals surface area contributed by atoms with Gasteiger partial charge in [-0.3, -0.25) is 0 Å². The highest BCUT2D eigenvalue weighted by molar-refractivity contribution is 5.79. The molecule has 0 aromatic carbocycles. The van der Waals surface area contributed by atoms with Crippen LogP contribution in [0, 0.1) is 11.8 Å². The zero-order chi connectivity index (χ0) is 12.7. The van der Waals surface area contributed by atoms with E-state index >= 15 is 0 Å². The fourth-order valence-electron chi connectivity index (χ4n) is 2.90. The standard InChI is InChI=1S/C13H27N3O/c1-10-7-11(2)9-12(8-10)15-6-4-3-5-13(14)16-17/h10-12,15,17H,3-9H2,1-2H3,(H2,14,16). The SMILES string of the molecule is CC1CC(C)CC(NCCCCC(N)=NO)C1. The van der Waals surface area contributed by atoms with Crippen molar-refractivity contribution in [3.63, 3.8) is 0 Å². The number of unbranched alkanes of at least 4 members (excludes halogenated alkanes) is 1. The van der Waals surface area contributed by atoms with E-state index in [0.717, 1.165) is 31.2 Å². The summed E-state index contributed by atoms with van der Waals surface area (Å²) in [7, 11) is 0. The summed E-state index contributed by atoms with van der Waals surface area (Å²) < 4.78 is 0. The van der Waals surface area contributed by atoms with Gasteiger partial charge in [-0.25, -0.2) is 0 Å². The number of nitrogens with one attached hydrogen (secondary N) is 1. The monoisotopic (exact) mass is 241 g/mol. The Hall–Kier alpha value is -0.770. The topological polar surface area (TPSA) is 70.6 Å². The van der Waals surface area contributed by atoms with Crippen molar-refractivity contribution in [3.05, 3.63) is 0 Å². The summed E-state index contributed by atoms with van der Waals surface area (Å²) in [5, 5.41) is 15.0. The Bertz CT molecular complexity index is 233. The van der Waals surface area contributed by atoms with E-state index in [0.29, 0.717) is 18.3 Å². The van der Waals surface area contributed by atoms with E-state index < -0.39 is 0 Å². The van der Waals surface area contributed by atoms with Crippen molar-refractivity contribution in [2.75, 3.05) is 6.54 Å². The first kappa shape index (κ1) is 14.3. The van der Waals surface area contributed by atoms with E-state index in [1.54, 1.807) is 0 Å². The summed E-state index contributed by atoms with van der Waals surface area (Å²) in [5.41, 5.74) is 5.41. The Morgan fingerprint density at radius 3 is 2.47 bits per heavy atom. The number of nitrogens with two attached hydrogens (primary N) is 1. The van der Waals surface area contributed by atoms with Crippen LogP contribution in [0.1, 0.15) is 52.4 Å². The molecule has 4 nitrogen and oxygen atoms in total. The number of amidine groups is 1. The first-order chi connectivity index (χ1) is 8.11. The van der Waals surface area contributed by atoms with Gasteiger partial charge in [-0.2, -0.15) is 0 Å². The van der Waals surface area contributed by atoms with Crippen LogP contribution in [0.15, 0.2) is 5.16 Å². The molecular weight excluding hydrogens is 214 g/mol. The minimum atomic E-state index is 0.338. The minimum absolute atomic E-state index is 0.338. The lowest BCUT2D eigenvalue weighted by Gasteiger charge is -2.32. The lowest BCUT2D eigenvalue weighted by Crippen LogP contribution is -2.36. The molecule has 0 bridgehead atoms. The zero-order valence-electron chi connectivity index (χ0n) is 11.2. The van der Waals surface area contributed by atoms with Crippen molar-refractivity contribution < 1.29 is 5.21 Å². The quantitative estimate of drug-likeness (QED) is 0.220. The van der Waals surface area contributed by atoms with Crippen LogP contribution < -0.4 is 11.1 Å². The van der Waals surface area contributed by atoms with Crippen molar-refractivity contribution in [1.29, 1.82) is 0 Å². The third-order valence-corrected chi connectivity index (χ3v) is 3.60. The fourth-order valence-corrected chi connectivity index (χ4v) is 2.90. The molecular formula is C13H27N3O. The number of hydrogen-bond acceptors (Lipinski definition) is 3. The highest BCUT2D eigenvalue weighted by Crippen LogP contribution is 2.28. The Labute approximate surface area is 105 Å². The first-order valence-corrected chi connectivity index (χ1v) is 6.81. The normalized spacial score (nSPS) is 30.5. The summed E-state index contributed by atoms with van der Waals surface area (Å²) in [6, 6.07) is 0.692. The van der Waals surface area contributed by atoms with Gasteiger partial charge < -0.3 is 16.3 Å². The van der Waals surface area contributed by atoms with Crippen LogP contribution in [-0.4, -0.2) is 23.6 Å². The molecule has 0 aromatic heterocycles. The van der Waals surface area contributed by atoms with E-state index in [4.69, 9.17) is 10.9 Å². The summed E-state index contributed by atoms with van der Waals surface area (Å²) in [4.78, 5) is 0. The van der Waals surface area contributed by atoms with Crippen LogP contribution >= 0.6 is 0 Å². The van der Waals surface area contributed by atoms with Crippen molar-refractivity contribution in [1.82, 2.24) is 5.32 Å². The van der Waals surface area contributed by atoms with Crippen LogP contribution in [0.4, 0.5) is 0 Å². The van der Waals surface area contributed by atoms with Crippen molar-refractivity contribution in [2.24, 2.45) is 22.7 Å². The van der Waals surface area contributed by atoms with Crippen molar-refractivity contribution in [2.45, 2.75) is 58.4 Å². The number of hydrogen-bond donors (Lipinski definition) is 3. The van der Waals surface area contributed by atoms with Crippen molar-refractivity contribution in [3.8, 4) is 0 Å². The fraction of sp³-hybridized carbons (Fsp3) is 0.923. The minimum Gasteiger partial charge on any atom is -0.409 e. The molecule has 17 heavy (non-hydrogen) atoms. The Morgan fingerprint density at radius 1 is 1.24 bits per heavy atom. The van der Waals surface area contributed by atoms with E-state index in [9.17, 15) is 0 Å². The van der Waals surface area contributed by atoms with Crippen LogP contribution in [0.25, 0.3) is 0 Å². The van der Waals surface area contributed by atoms with E-state index in [1.165, 1.54) is 19.3 Å². The number of nitrogens with zero attached hydrogens (tertiary/aromatic N) is 1. The van der Waals surface area contributed by atoms with Crippen molar-refractivity contribution >= 4 is 5.84 Å². The van der Waals surface area contributed by atoms with Gasteiger partial charge in [0.2, 0.25) is 0 Å². The molecule has 4 N–H and O–H groups in total. The van der Waals surface area contributed by atoms with Gasteiger partial charge in [0.05, 0.1) is 0 Å². The second-order valence-corrected chi connectivity index (χ2v) is 5.62. The van der Waals surface area contributed by atoms with Gasteiger partial charge in [0, 0.05) is 12.5 Å². The third-order valence-electron chi connectivity index (χ3n) is 3.60.